The summed E-state index contributed by atoms with van der Waals surface area (Å²) in [6.45, 7) is 4.86. The van der Waals surface area contributed by atoms with Gasteiger partial charge in [-0.1, -0.05) is 5.16 Å². The number of nitrogens with zero attached hydrogens (tertiary/aromatic N) is 2. The maximum Gasteiger partial charge on any atom is 0.246 e. The molecule has 1 amide bonds. The Morgan fingerprint density at radius 3 is 2.68 bits per heavy atom. The van der Waals surface area contributed by atoms with Crippen molar-refractivity contribution in [3.8, 4) is 5.75 Å². The van der Waals surface area contributed by atoms with Gasteiger partial charge in [0.05, 0.1) is 18.8 Å². The summed E-state index contributed by atoms with van der Waals surface area (Å²) in [7, 11) is -3.65. The highest BCUT2D eigenvalue weighted by Crippen LogP contribution is 2.31. The van der Waals surface area contributed by atoms with Crippen LogP contribution in [0, 0.1) is 6.92 Å². The van der Waals surface area contributed by atoms with Gasteiger partial charge in [0, 0.05) is 24.8 Å². The van der Waals surface area contributed by atoms with Crippen LogP contribution in [-0.2, 0) is 14.8 Å². The first kappa shape index (κ1) is 20.2. The number of hydrogen-bond acceptors (Lipinski definition) is 7. The third-order valence-electron chi connectivity index (χ3n) is 4.27. The van der Waals surface area contributed by atoms with Crippen LogP contribution >= 0.6 is 0 Å². The summed E-state index contributed by atoms with van der Waals surface area (Å²) >= 11 is 0. The Balaban J connectivity index is 1.74. The molecule has 0 unspecified atom stereocenters. The van der Waals surface area contributed by atoms with Gasteiger partial charge >= 0.3 is 0 Å². The zero-order valence-corrected chi connectivity index (χ0v) is 16.7. The van der Waals surface area contributed by atoms with Crippen molar-refractivity contribution in [2.75, 3.05) is 36.9 Å². The molecule has 1 aliphatic rings. The lowest BCUT2D eigenvalue weighted by Crippen LogP contribution is -2.28. The van der Waals surface area contributed by atoms with Gasteiger partial charge < -0.3 is 14.6 Å². The quantitative estimate of drug-likeness (QED) is 0.688. The lowest BCUT2D eigenvalue weighted by molar-refractivity contribution is -0.114. The molecule has 0 bridgehead atoms. The van der Waals surface area contributed by atoms with E-state index in [1.165, 1.54) is 10.4 Å². The molecular weight excluding hydrogens is 384 g/mol. The number of benzene rings is 1. The van der Waals surface area contributed by atoms with E-state index in [0.717, 1.165) is 12.8 Å². The zero-order valence-electron chi connectivity index (χ0n) is 15.9. The fraction of sp³-hybridized carbons (Fsp3) is 0.444. The Kier molecular flexibility index (Phi) is 6.20. The molecule has 1 aliphatic heterocycles. The van der Waals surface area contributed by atoms with E-state index < -0.39 is 10.0 Å². The molecule has 2 aromatic rings. The standard InChI is InChI=1S/C18H24N4O5S/c1-3-26-15-7-6-14(11-16(15)28(24,25)22-8-4-5-9-22)19-12-17(23)20-18-10-13(2)21-27-18/h6-7,10-11,19H,3-5,8-9,12H2,1-2H3,(H,20,23). The summed E-state index contributed by atoms with van der Waals surface area (Å²) < 4.78 is 37.9. The molecule has 0 spiro atoms. The van der Waals surface area contributed by atoms with E-state index in [-0.39, 0.29) is 23.2 Å². The molecule has 0 saturated carbocycles. The molecular formula is C18H24N4O5S. The minimum Gasteiger partial charge on any atom is -0.492 e. The Morgan fingerprint density at radius 1 is 1.29 bits per heavy atom. The van der Waals surface area contributed by atoms with E-state index in [4.69, 9.17) is 9.26 Å². The van der Waals surface area contributed by atoms with Crippen molar-refractivity contribution in [1.82, 2.24) is 9.46 Å². The smallest absolute Gasteiger partial charge is 0.246 e. The number of ether oxygens (including phenoxy) is 1. The summed E-state index contributed by atoms with van der Waals surface area (Å²) in [5.74, 6) is 0.226. The first-order valence-electron chi connectivity index (χ1n) is 9.14. The molecule has 10 heteroatoms. The molecule has 0 aliphatic carbocycles. The van der Waals surface area contributed by atoms with Crippen molar-refractivity contribution in [3.63, 3.8) is 0 Å². The van der Waals surface area contributed by atoms with Crippen molar-refractivity contribution in [2.45, 2.75) is 31.6 Å². The van der Waals surface area contributed by atoms with Gasteiger partial charge in [-0.05, 0) is 44.9 Å². The second-order valence-electron chi connectivity index (χ2n) is 6.44. The zero-order chi connectivity index (χ0) is 20.1. The molecule has 1 saturated heterocycles. The van der Waals surface area contributed by atoms with E-state index in [9.17, 15) is 13.2 Å². The highest BCUT2D eigenvalue weighted by atomic mass is 32.2. The topological polar surface area (TPSA) is 114 Å². The second kappa shape index (κ2) is 8.61. The predicted molar refractivity (Wildman–Crippen MR) is 104 cm³/mol. The predicted octanol–water partition coefficient (Wildman–Crippen LogP) is 2.22. The van der Waals surface area contributed by atoms with Gasteiger partial charge in [-0.2, -0.15) is 4.31 Å². The van der Waals surface area contributed by atoms with Gasteiger partial charge in [0.1, 0.15) is 10.6 Å². The highest BCUT2D eigenvalue weighted by molar-refractivity contribution is 7.89. The summed E-state index contributed by atoms with van der Waals surface area (Å²) in [6.07, 6.45) is 1.70. The number of carbonyl (C=O) groups is 1. The maximum absolute atomic E-state index is 13.0. The number of aryl methyl sites for hydroxylation is 1. The lowest BCUT2D eigenvalue weighted by Gasteiger charge is -2.19. The number of nitrogens with one attached hydrogen (secondary N) is 2. The van der Waals surface area contributed by atoms with Crippen LogP contribution in [0.1, 0.15) is 25.5 Å². The molecule has 1 aromatic heterocycles. The summed E-state index contributed by atoms with van der Waals surface area (Å²) in [4.78, 5) is 12.1. The van der Waals surface area contributed by atoms with E-state index in [1.807, 2.05) is 0 Å². The van der Waals surface area contributed by atoms with Crippen LogP contribution in [-0.4, -0.2) is 50.0 Å². The van der Waals surface area contributed by atoms with Crippen LogP contribution in [0.3, 0.4) is 0 Å². The van der Waals surface area contributed by atoms with Crippen molar-refractivity contribution in [2.24, 2.45) is 0 Å². The second-order valence-corrected chi connectivity index (χ2v) is 8.35. The van der Waals surface area contributed by atoms with E-state index in [0.29, 0.717) is 36.8 Å². The van der Waals surface area contributed by atoms with Crippen LogP contribution in [0.15, 0.2) is 33.7 Å². The van der Waals surface area contributed by atoms with Crippen LogP contribution in [0.5, 0.6) is 5.75 Å². The SMILES string of the molecule is CCOc1ccc(NCC(=O)Nc2cc(C)no2)cc1S(=O)(=O)N1CCCC1. The fourth-order valence-corrected chi connectivity index (χ4v) is 4.62. The Hall–Kier alpha value is -2.59. The number of carbonyl (C=O) groups excluding carboxylic acids is 1. The van der Waals surface area contributed by atoms with Crippen molar-refractivity contribution >= 4 is 27.5 Å². The number of amides is 1. The molecule has 3 rings (SSSR count). The van der Waals surface area contributed by atoms with Gasteiger partial charge in [0.25, 0.3) is 0 Å². The average Bonchev–Trinajstić information content (AvgIpc) is 3.33. The maximum atomic E-state index is 13.0. The third kappa shape index (κ3) is 4.63. The van der Waals surface area contributed by atoms with Crippen molar-refractivity contribution in [3.05, 3.63) is 30.0 Å². The lowest BCUT2D eigenvalue weighted by atomic mass is 10.3. The van der Waals surface area contributed by atoms with Gasteiger partial charge in [-0.25, -0.2) is 8.42 Å². The molecule has 152 valence electrons. The van der Waals surface area contributed by atoms with E-state index >= 15 is 0 Å². The summed E-state index contributed by atoms with van der Waals surface area (Å²) in [5, 5.41) is 9.20. The van der Waals surface area contributed by atoms with Gasteiger partial charge in [-0.15, -0.1) is 0 Å². The molecule has 2 heterocycles. The van der Waals surface area contributed by atoms with Gasteiger partial charge in [-0.3, -0.25) is 10.1 Å². The summed E-state index contributed by atoms with van der Waals surface area (Å²) in [5.41, 5.74) is 1.16. The van der Waals surface area contributed by atoms with Gasteiger partial charge in [0.2, 0.25) is 21.8 Å². The number of hydrogen-bond donors (Lipinski definition) is 2. The van der Waals surface area contributed by atoms with E-state index in [2.05, 4.69) is 15.8 Å². The van der Waals surface area contributed by atoms with Crippen molar-refractivity contribution < 1.29 is 22.5 Å². The van der Waals surface area contributed by atoms with Crippen LogP contribution in [0.4, 0.5) is 11.6 Å². The molecule has 28 heavy (non-hydrogen) atoms. The molecule has 1 fully saturated rings. The number of sulfonamides is 1. The minimum atomic E-state index is -3.65. The molecule has 1 aromatic carbocycles. The Morgan fingerprint density at radius 2 is 2.04 bits per heavy atom. The fourth-order valence-electron chi connectivity index (χ4n) is 2.95. The molecule has 0 radical (unpaired) electrons. The average molecular weight is 408 g/mol. The monoisotopic (exact) mass is 408 g/mol. The van der Waals surface area contributed by atoms with Gasteiger partial charge in [0.15, 0.2) is 0 Å². The van der Waals surface area contributed by atoms with E-state index in [1.54, 1.807) is 32.0 Å². The third-order valence-corrected chi connectivity index (χ3v) is 6.19. The first-order valence-corrected chi connectivity index (χ1v) is 10.6. The molecule has 2 N–H and O–H groups in total. The normalized spacial score (nSPS) is 14.8. The number of aromatic nitrogens is 1. The molecule has 9 nitrogen and oxygen atoms in total. The number of rotatable bonds is 8. The van der Waals surface area contributed by atoms with Crippen LogP contribution < -0.4 is 15.4 Å². The highest BCUT2D eigenvalue weighted by Gasteiger charge is 2.30. The molecule has 0 atom stereocenters. The minimum absolute atomic E-state index is 0.0586. The Labute approximate surface area is 164 Å². The number of anilines is 2. The largest absolute Gasteiger partial charge is 0.492 e. The van der Waals surface area contributed by atoms with Crippen LogP contribution in [0.2, 0.25) is 0 Å². The Bertz CT molecular complexity index is 935. The summed E-state index contributed by atoms with van der Waals surface area (Å²) in [6, 6.07) is 6.40. The van der Waals surface area contributed by atoms with Crippen LogP contribution in [0.25, 0.3) is 0 Å². The van der Waals surface area contributed by atoms with Crippen molar-refractivity contribution in [1.29, 1.82) is 0 Å². The first-order chi connectivity index (χ1) is 13.4.